The molecule has 1 aromatic carbocycles. The number of aliphatic hydroxyl groups is 1. The van der Waals surface area contributed by atoms with Crippen molar-refractivity contribution in [1.82, 2.24) is 14.9 Å². The van der Waals surface area contributed by atoms with Gasteiger partial charge in [-0.3, -0.25) is 9.78 Å². The normalized spacial score (nSPS) is 15.9. The standard InChI is InChI=1S/C20H25FN4O2/c1-14(2)11-18(26)20(27)25-9-7-24(8-10-25)19-13-22-12-17(23-19)15-5-3-4-6-16(15)21/h3-6,12-14,18,26H,7-11H2,1-2H3. The summed E-state index contributed by atoms with van der Waals surface area (Å²) in [5.74, 6) is 0.375. The molecule has 0 saturated carbocycles. The van der Waals surface area contributed by atoms with Gasteiger partial charge >= 0.3 is 0 Å². The fraction of sp³-hybridized carbons (Fsp3) is 0.450. The van der Waals surface area contributed by atoms with Crippen molar-refractivity contribution in [3.05, 3.63) is 42.5 Å². The third-order valence-corrected chi connectivity index (χ3v) is 4.67. The van der Waals surface area contributed by atoms with Crippen LogP contribution in [0.2, 0.25) is 0 Å². The number of amides is 1. The Morgan fingerprint density at radius 3 is 2.56 bits per heavy atom. The molecule has 1 N–H and O–H groups in total. The second kappa shape index (κ2) is 8.43. The minimum Gasteiger partial charge on any atom is -0.383 e. The van der Waals surface area contributed by atoms with Gasteiger partial charge in [-0.1, -0.05) is 26.0 Å². The van der Waals surface area contributed by atoms with Gasteiger partial charge in [-0.25, -0.2) is 9.37 Å². The predicted molar refractivity (Wildman–Crippen MR) is 102 cm³/mol. The molecule has 2 heterocycles. The lowest BCUT2D eigenvalue weighted by atomic mass is 10.0. The van der Waals surface area contributed by atoms with E-state index in [1.807, 2.05) is 18.7 Å². The minimum absolute atomic E-state index is 0.213. The maximum Gasteiger partial charge on any atom is 0.251 e. The second-order valence-electron chi connectivity index (χ2n) is 7.20. The van der Waals surface area contributed by atoms with Crippen molar-refractivity contribution in [3.63, 3.8) is 0 Å². The van der Waals surface area contributed by atoms with Gasteiger partial charge in [0.05, 0.1) is 18.1 Å². The van der Waals surface area contributed by atoms with Gasteiger partial charge in [-0.15, -0.1) is 0 Å². The monoisotopic (exact) mass is 372 g/mol. The number of carbonyl (C=O) groups excluding carboxylic acids is 1. The predicted octanol–water partition coefficient (Wildman–Crippen LogP) is 2.34. The van der Waals surface area contributed by atoms with Crippen LogP contribution in [0.4, 0.5) is 10.2 Å². The number of aromatic nitrogens is 2. The highest BCUT2D eigenvalue weighted by Crippen LogP contribution is 2.23. The molecule has 1 amide bonds. The fourth-order valence-corrected chi connectivity index (χ4v) is 3.22. The van der Waals surface area contributed by atoms with E-state index in [4.69, 9.17) is 0 Å². The summed E-state index contributed by atoms with van der Waals surface area (Å²) in [4.78, 5) is 24.8. The number of aliphatic hydroxyl groups excluding tert-OH is 1. The first kappa shape index (κ1) is 19.2. The van der Waals surface area contributed by atoms with E-state index < -0.39 is 6.10 Å². The molecule has 0 spiro atoms. The van der Waals surface area contributed by atoms with E-state index in [1.54, 1.807) is 35.5 Å². The summed E-state index contributed by atoms with van der Waals surface area (Å²) in [6.07, 6.45) is 2.72. The fourth-order valence-electron chi connectivity index (χ4n) is 3.22. The Kier molecular flexibility index (Phi) is 6.01. The van der Waals surface area contributed by atoms with E-state index in [2.05, 4.69) is 9.97 Å². The molecule has 0 aliphatic carbocycles. The van der Waals surface area contributed by atoms with Crippen molar-refractivity contribution in [2.75, 3.05) is 31.1 Å². The molecule has 1 aromatic heterocycles. The summed E-state index contributed by atoms with van der Waals surface area (Å²) in [7, 11) is 0. The van der Waals surface area contributed by atoms with Crippen LogP contribution < -0.4 is 4.90 Å². The number of halogens is 1. The maximum absolute atomic E-state index is 14.0. The Morgan fingerprint density at radius 2 is 1.89 bits per heavy atom. The van der Waals surface area contributed by atoms with Gasteiger partial charge < -0.3 is 14.9 Å². The topological polar surface area (TPSA) is 69.6 Å². The number of hydrogen-bond acceptors (Lipinski definition) is 5. The van der Waals surface area contributed by atoms with Gasteiger partial charge in [0.15, 0.2) is 0 Å². The van der Waals surface area contributed by atoms with E-state index >= 15 is 0 Å². The maximum atomic E-state index is 14.0. The van der Waals surface area contributed by atoms with E-state index in [0.29, 0.717) is 49.7 Å². The average Bonchev–Trinajstić information content (AvgIpc) is 2.67. The van der Waals surface area contributed by atoms with Gasteiger partial charge in [-0.05, 0) is 24.5 Å². The molecule has 1 aliphatic heterocycles. The SMILES string of the molecule is CC(C)CC(O)C(=O)N1CCN(c2cncc(-c3ccccc3F)n2)CC1. The zero-order valence-electron chi connectivity index (χ0n) is 15.7. The van der Waals surface area contributed by atoms with E-state index in [-0.39, 0.29) is 17.6 Å². The van der Waals surface area contributed by atoms with Crippen LogP contribution in [-0.4, -0.2) is 58.2 Å². The molecule has 0 radical (unpaired) electrons. The number of benzene rings is 1. The van der Waals surface area contributed by atoms with E-state index in [1.165, 1.54) is 6.07 Å². The van der Waals surface area contributed by atoms with Crippen LogP contribution in [0.3, 0.4) is 0 Å². The van der Waals surface area contributed by atoms with Crippen molar-refractivity contribution in [2.45, 2.75) is 26.4 Å². The largest absolute Gasteiger partial charge is 0.383 e. The van der Waals surface area contributed by atoms with Crippen LogP contribution in [0.5, 0.6) is 0 Å². The van der Waals surface area contributed by atoms with E-state index in [0.717, 1.165) is 0 Å². The van der Waals surface area contributed by atoms with Crippen LogP contribution in [0, 0.1) is 11.7 Å². The highest BCUT2D eigenvalue weighted by Gasteiger charge is 2.27. The lowest BCUT2D eigenvalue weighted by Gasteiger charge is -2.36. The molecule has 7 heteroatoms. The molecule has 1 unspecified atom stereocenters. The second-order valence-corrected chi connectivity index (χ2v) is 7.20. The summed E-state index contributed by atoms with van der Waals surface area (Å²) in [5, 5.41) is 10.0. The molecule has 0 bridgehead atoms. The van der Waals surface area contributed by atoms with Crippen LogP contribution in [0.15, 0.2) is 36.7 Å². The van der Waals surface area contributed by atoms with Gasteiger partial charge in [0.25, 0.3) is 5.91 Å². The van der Waals surface area contributed by atoms with Gasteiger partial charge in [0.2, 0.25) is 0 Å². The Hall–Kier alpha value is -2.54. The summed E-state index contributed by atoms with van der Waals surface area (Å²) < 4.78 is 14.0. The number of nitrogens with zero attached hydrogens (tertiary/aromatic N) is 4. The first-order valence-corrected chi connectivity index (χ1v) is 9.24. The first-order valence-electron chi connectivity index (χ1n) is 9.24. The Balaban J connectivity index is 1.66. The third-order valence-electron chi connectivity index (χ3n) is 4.67. The molecule has 3 rings (SSSR count). The molecule has 6 nitrogen and oxygen atoms in total. The van der Waals surface area contributed by atoms with Crippen molar-refractivity contribution < 1.29 is 14.3 Å². The zero-order chi connectivity index (χ0) is 19.4. The molecule has 1 fully saturated rings. The smallest absolute Gasteiger partial charge is 0.251 e. The van der Waals surface area contributed by atoms with Gasteiger partial charge in [0, 0.05) is 31.7 Å². The van der Waals surface area contributed by atoms with Gasteiger partial charge in [0.1, 0.15) is 17.7 Å². The van der Waals surface area contributed by atoms with Crippen LogP contribution in [0.1, 0.15) is 20.3 Å². The van der Waals surface area contributed by atoms with Crippen LogP contribution in [-0.2, 0) is 4.79 Å². The van der Waals surface area contributed by atoms with Crippen molar-refractivity contribution in [3.8, 4) is 11.3 Å². The Labute approximate surface area is 158 Å². The molecular weight excluding hydrogens is 347 g/mol. The molecule has 27 heavy (non-hydrogen) atoms. The molecule has 1 saturated heterocycles. The lowest BCUT2D eigenvalue weighted by Crippen LogP contribution is -2.51. The minimum atomic E-state index is -0.944. The number of rotatable bonds is 5. The average molecular weight is 372 g/mol. The lowest BCUT2D eigenvalue weighted by molar-refractivity contribution is -0.141. The number of carbonyl (C=O) groups is 1. The molecular formula is C20H25FN4O2. The van der Waals surface area contributed by atoms with E-state index in [9.17, 15) is 14.3 Å². The summed E-state index contributed by atoms with van der Waals surface area (Å²) in [6.45, 7) is 6.18. The zero-order valence-corrected chi connectivity index (χ0v) is 15.7. The molecule has 2 aromatic rings. The molecule has 1 atom stereocenters. The Bertz CT molecular complexity index is 791. The summed E-state index contributed by atoms with van der Waals surface area (Å²) >= 11 is 0. The Morgan fingerprint density at radius 1 is 1.19 bits per heavy atom. The first-order chi connectivity index (χ1) is 13.0. The van der Waals surface area contributed by atoms with Crippen molar-refractivity contribution in [2.24, 2.45) is 5.92 Å². The highest BCUT2D eigenvalue weighted by atomic mass is 19.1. The summed E-state index contributed by atoms with van der Waals surface area (Å²) in [5.41, 5.74) is 0.897. The highest BCUT2D eigenvalue weighted by molar-refractivity contribution is 5.81. The van der Waals surface area contributed by atoms with Crippen LogP contribution in [0.25, 0.3) is 11.3 Å². The molecule has 144 valence electrons. The quantitative estimate of drug-likeness (QED) is 0.872. The number of anilines is 1. The van der Waals surface area contributed by atoms with Crippen molar-refractivity contribution >= 4 is 11.7 Å². The number of piperazine rings is 1. The molecule has 1 aliphatic rings. The van der Waals surface area contributed by atoms with Gasteiger partial charge in [-0.2, -0.15) is 0 Å². The van der Waals surface area contributed by atoms with Crippen LogP contribution >= 0.6 is 0 Å². The number of hydrogen-bond donors (Lipinski definition) is 1. The third kappa shape index (κ3) is 4.60. The van der Waals surface area contributed by atoms with Crippen molar-refractivity contribution in [1.29, 1.82) is 0 Å². The summed E-state index contributed by atoms with van der Waals surface area (Å²) in [6, 6.07) is 6.48.